The molecule has 0 radical (unpaired) electrons. The van der Waals surface area contributed by atoms with Crippen molar-refractivity contribution in [3.8, 4) is 0 Å². The van der Waals surface area contributed by atoms with E-state index in [2.05, 4.69) is 15.3 Å². The van der Waals surface area contributed by atoms with Gasteiger partial charge in [0, 0.05) is 29.4 Å². The summed E-state index contributed by atoms with van der Waals surface area (Å²) in [5.41, 5.74) is 1.31. The molecule has 0 atom stereocenters. The Bertz CT molecular complexity index is 999. The lowest BCUT2D eigenvalue weighted by Gasteiger charge is -2.27. The second kappa shape index (κ2) is 8.08. The number of fused-ring (bicyclic) bond motifs is 1. The molecular formula is C21H23N3O5. The Kier molecular flexibility index (Phi) is 5.35. The number of rotatable bonds is 5. The molecule has 8 nitrogen and oxygen atoms in total. The summed E-state index contributed by atoms with van der Waals surface area (Å²) in [6, 6.07) is 3.71. The van der Waals surface area contributed by atoms with E-state index in [9.17, 15) is 14.7 Å². The third kappa shape index (κ3) is 3.88. The van der Waals surface area contributed by atoms with Gasteiger partial charge in [0.1, 0.15) is 5.65 Å². The molecule has 8 heteroatoms. The van der Waals surface area contributed by atoms with Crippen molar-refractivity contribution in [2.75, 3.05) is 6.61 Å². The zero-order valence-electron chi connectivity index (χ0n) is 16.1. The summed E-state index contributed by atoms with van der Waals surface area (Å²) in [6.07, 6.45) is 7.49. The van der Waals surface area contributed by atoms with Crippen LogP contribution in [-0.2, 0) is 19.1 Å². The molecule has 0 unspecified atom stereocenters. The van der Waals surface area contributed by atoms with E-state index in [-0.39, 0.29) is 36.0 Å². The van der Waals surface area contributed by atoms with Crippen molar-refractivity contribution < 1.29 is 24.2 Å². The Morgan fingerprint density at radius 2 is 2.21 bits per heavy atom. The third-order valence-electron chi connectivity index (χ3n) is 5.17. The van der Waals surface area contributed by atoms with Crippen LogP contribution in [0.25, 0.3) is 17.1 Å². The Labute approximate surface area is 167 Å². The van der Waals surface area contributed by atoms with Crippen LogP contribution in [0.4, 0.5) is 0 Å². The molecule has 1 saturated carbocycles. The highest BCUT2D eigenvalue weighted by Gasteiger charge is 2.38. The van der Waals surface area contributed by atoms with E-state index < -0.39 is 11.8 Å². The Morgan fingerprint density at radius 1 is 1.41 bits per heavy atom. The number of ketones is 1. The van der Waals surface area contributed by atoms with Crippen LogP contribution in [0.15, 0.2) is 41.7 Å². The van der Waals surface area contributed by atoms with E-state index in [4.69, 9.17) is 9.47 Å². The van der Waals surface area contributed by atoms with Gasteiger partial charge in [-0.25, -0.2) is 9.78 Å². The SMILES string of the molecule is CCOC(=O)C1=C(NC2CCC(O)CC2)OC(=Cc2c[nH]c3ncccc23)C1=O. The molecule has 1 fully saturated rings. The van der Waals surface area contributed by atoms with Gasteiger partial charge in [-0.05, 0) is 50.8 Å². The largest absolute Gasteiger partial charge is 0.462 e. The number of ether oxygens (including phenoxy) is 2. The molecule has 2 aromatic heterocycles. The number of allylic oxidation sites excluding steroid dienone is 1. The fourth-order valence-electron chi connectivity index (χ4n) is 3.66. The number of carbonyl (C=O) groups excluding carboxylic acids is 2. The molecule has 1 aliphatic carbocycles. The fourth-order valence-corrected chi connectivity index (χ4v) is 3.66. The fraction of sp³-hybridized carbons (Fsp3) is 0.381. The van der Waals surface area contributed by atoms with Crippen LogP contribution >= 0.6 is 0 Å². The molecule has 0 spiro atoms. The van der Waals surface area contributed by atoms with Crippen molar-refractivity contribution >= 4 is 28.9 Å². The number of esters is 1. The van der Waals surface area contributed by atoms with Gasteiger partial charge in [0.15, 0.2) is 11.3 Å². The molecule has 29 heavy (non-hydrogen) atoms. The van der Waals surface area contributed by atoms with Gasteiger partial charge < -0.3 is 24.9 Å². The predicted molar refractivity (Wildman–Crippen MR) is 105 cm³/mol. The van der Waals surface area contributed by atoms with Crippen LogP contribution in [0.3, 0.4) is 0 Å². The summed E-state index contributed by atoms with van der Waals surface area (Å²) >= 11 is 0. The van der Waals surface area contributed by atoms with Crippen molar-refractivity contribution in [1.29, 1.82) is 0 Å². The second-order valence-electron chi connectivity index (χ2n) is 7.16. The Morgan fingerprint density at radius 3 is 2.97 bits per heavy atom. The first kappa shape index (κ1) is 19.2. The maximum atomic E-state index is 12.9. The molecule has 0 saturated heterocycles. The Hall–Kier alpha value is -3.13. The number of nitrogens with one attached hydrogen (secondary N) is 2. The molecule has 2 aromatic rings. The number of aliphatic hydroxyl groups excluding tert-OH is 1. The molecule has 1 aliphatic heterocycles. The number of hydrogen-bond acceptors (Lipinski definition) is 7. The van der Waals surface area contributed by atoms with Crippen LogP contribution in [0.5, 0.6) is 0 Å². The maximum Gasteiger partial charge on any atom is 0.347 e. The number of aromatic nitrogens is 2. The van der Waals surface area contributed by atoms with Crippen molar-refractivity contribution in [3.05, 3.63) is 47.3 Å². The van der Waals surface area contributed by atoms with Crippen molar-refractivity contribution in [2.24, 2.45) is 0 Å². The number of hydrogen-bond donors (Lipinski definition) is 3. The van der Waals surface area contributed by atoms with Crippen molar-refractivity contribution in [3.63, 3.8) is 0 Å². The number of pyridine rings is 1. The number of nitrogens with zero attached hydrogens (tertiary/aromatic N) is 1. The number of aromatic amines is 1. The molecule has 152 valence electrons. The summed E-state index contributed by atoms with van der Waals surface area (Å²) < 4.78 is 10.9. The minimum atomic E-state index is -0.708. The monoisotopic (exact) mass is 397 g/mol. The van der Waals surface area contributed by atoms with Gasteiger partial charge in [-0.2, -0.15) is 0 Å². The third-order valence-corrected chi connectivity index (χ3v) is 5.17. The number of Topliss-reactive ketones (excluding diaryl/α,β-unsaturated/α-hetero) is 1. The van der Waals surface area contributed by atoms with Crippen LogP contribution in [0, 0.1) is 0 Å². The van der Waals surface area contributed by atoms with Crippen LogP contribution in [-0.4, -0.2) is 45.6 Å². The van der Waals surface area contributed by atoms with E-state index in [0.29, 0.717) is 18.5 Å². The topological polar surface area (TPSA) is 114 Å². The van der Waals surface area contributed by atoms with Gasteiger partial charge in [0.2, 0.25) is 11.7 Å². The molecule has 4 rings (SSSR count). The zero-order chi connectivity index (χ0) is 20.4. The molecule has 0 amide bonds. The van der Waals surface area contributed by atoms with Gasteiger partial charge in [-0.15, -0.1) is 0 Å². The highest BCUT2D eigenvalue weighted by Crippen LogP contribution is 2.30. The lowest BCUT2D eigenvalue weighted by molar-refractivity contribution is -0.139. The first-order valence-electron chi connectivity index (χ1n) is 9.79. The average Bonchev–Trinajstić information content (AvgIpc) is 3.25. The first-order chi connectivity index (χ1) is 14.1. The van der Waals surface area contributed by atoms with E-state index >= 15 is 0 Å². The summed E-state index contributed by atoms with van der Waals surface area (Å²) in [5.74, 6) is -1.05. The minimum absolute atomic E-state index is 0.0160. The minimum Gasteiger partial charge on any atom is -0.462 e. The van der Waals surface area contributed by atoms with E-state index in [1.807, 2.05) is 12.1 Å². The molecule has 3 N–H and O–H groups in total. The van der Waals surface area contributed by atoms with Crippen LogP contribution in [0.1, 0.15) is 38.2 Å². The van der Waals surface area contributed by atoms with E-state index in [0.717, 1.165) is 23.8 Å². The van der Waals surface area contributed by atoms with E-state index in [1.54, 1.807) is 25.4 Å². The summed E-state index contributed by atoms with van der Waals surface area (Å²) in [6.45, 7) is 1.84. The smallest absolute Gasteiger partial charge is 0.347 e. The van der Waals surface area contributed by atoms with E-state index in [1.165, 1.54) is 0 Å². The summed E-state index contributed by atoms with van der Waals surface area (Å²) in [7, 11) is 0. The number of aliphatic hydroxyl groups is 1. The van der Waals surface area contributed by atoms with Crippen molar-refractivity contribution in [2.45, 2.75) is 44.8 Å². The lowest BCUT2D eigenvalue weighted by atomic mass is 9.93. The maximum absolute atomic E-state index is 12.9. The molecular weight excluding hydrogens is 374 g/mol. The van der Waals surface area contributed by atoms with Gasteiger partial charge in [0.25, 0.3) is 0 Å². The molecule has 2 aliphatic rings. The molecule has 0 bridgehead atoms. The van der Waals surface area contributed by atoms with Gasteiger partial charge in [-0.3, -0.25) is 4.79 Å². The highest BCUT2D eigenvalue weighted by atomic mass is 16.5. The van der Waals surface area contributed by atoms with Gasteiger partial charge >= 0.3 is 5.97 Å². The highest BCUT2D eigenvalue weighted by molar-refractivity contribution is 6.26. The zero-order valence-corrected chi connectivity index (χ0v) is 16.1. The first-order valence-corrected chi connectivity index (χ1v) is 9.79. The normalized spacial score (nSPS) is 23.5. The molecule has 0 aromatic carbocycles. The average molecular weight is 397 g/mol. The standard InChI is InChI=1S/C21H23N3O5/c1-2-28-21(27)17-18(26)16(10-12-11-23-19-15(12)4-3-9-22-19)29-20(17)24-13-5-7-14(25)8-6-13/h3-4,9-11,13-14,24-25H,2,5-8H2,1H3,(H,22,23). The number of H-pyrrole nitrogens is 1. The predicted octanol–water partition coefficient (Wildman–Crippen LogP) is 2.17. The molecule has 3 heterocycles. The lowest BCUT2D eigenvalue weighted by Crippen LogP contribution is -2.35. The van der Waals surface area contributed by atoms with Gasteiger partial charge in [0.05, 0.1) is 12.7 Å². The van der Waals surface area contributed by atoms with Gasteiger partial charge in [-0.1, -0.05) is 0 Å². The van der Waals surface area contributed by atoms with Crippen molar-refractivity contribution in [1.82, 2.24) is 15.3 Å². The Balaban J connectivity index is 1.62. The summed E-state index contributed by atoms with van der Waals surface area (Å²) in [4.78, 5) is 32.6. The van der Waals surface area contributed by atoms with Crippen LogP contribution < -0.4 is 5.32 Å². The quantitative estimate of drug-likeness (QED) is 0.402. The summed E-state index contributed by atoms with van der Waals surface area (Å²) in [5, 5.41) is 13.7. The van der Waals surface area contributed by atoms with Crippen LogP contribution in [0.2, 0.25) is 0 Å². The second-order valence-corrected chi connectivity index (χ2v) is 7.16. The number of carbonyl (C=O) groups is 2.